The summed E-state index contributed by atoms with van der Waals surface area (Å²) in [5, 5.41) is 5.60. The van der Waals surface area contributed by atoms with Crippen molar-refractivity contribution in [3.63, 3.8) is 0 Å². The first kappa shape index (κ1) is 21.3. The fraction of sp³-hybridized carbons (Fsp3) is 0.318. The molecule has 7 nitrogen and oxygen atoms in total. The standard InChI is InChI=1S/C22H25FN4O3/c1-2-20(28)24-18-8-10-19(11-9-18)25-22(30)27-13-3-12-26(14-15-27)21(29)16-4-6-17(23)7-5-16/h4-11H,2-3,12-15H2,1H3,(H,24,28)(H,25,30). The van der Waals surface area contributed by atoms with Crippen molar-refractivity contribution < 1.29 is 18.8 Å². The highest BCUT2D eigenvalue weighted by Crippen LogP contribution is 2.16. The van der Waals surface area contributed by atoms with Gasteiger partial charge in [0, 0.05) is 49.5 Å². The van der Waals surface area contributed by atoms with Gasteiger partial charge >= 0.3 is 6.03 Å². The highest BCUT2D eigenvalue weighted by molar-refractivity contribution is 5.94. The largest absolute Gasteiger partial charge is 0.337 e. The number of urea groups is 1. The molecule has 1 aliphatic rings. The molecule has 1 saturated heterocycles. The van der Waals surface area contributed by atoms with Crippen molar-refractivity contribution in [2.24, 2.45) is 0 Å². The molecule has 2 N–H and O–H groups in total. The lowest BCUT2D eigenvalue weighted by atomic mass is 10.2. The number of benzene rings is 2. The van der Waals surface area contributed by atoms with Gasteiger partial charge < -0.3 is 20.4 Å². The molecule has 1 heterocycles. The fourth-order valence-electron chi connectivity index (χ4n) is 3.19. The summed E-state index contributed by atoms with van der Waals surface area (Å²) in [6, 6.07) is 12.2. The highest BCUT2D eigenvalue weighted by atomic mass is 19.1. The van der Waals surface area contributed by atoms with Crippen LogP contribution in [0.2, 0.25) is 0 Å². The summed E-state index contributed by atoms with van der Waals surface area (Å²) < 4.78 is 13.1. The molecule has 0 unspecified atom stereocenters. The lowest BCUT2D eigenvalue weighted by Gasteiger charge is -2.22. The first-order valence-corrected chi connectivity index (χ1v) is 9.97. The number of hydrogen-bond acceptors (Lipinski definition) is 3. The monoisotopic (exact) mass is 412 g/mol. The van der Waals surface area contributed by atoms with Crippen LogP contribution in [-0.2, 0) is 4.79 Å². The van der Waals surface area contributed by atoms with Gasteiger partial charge in [0.1, 0.15) is 5.82 Å². The van der Waals surface area contributed by atoms with Crippen LogP contribution < -0.4 is 10.6 Å². The first-order chi connectivity index (χ1) is 14.5. The number of rotatable bonds is 4. The molecule has 0 bridgehead atoms. The first-order valence-electron chi connectivity index (χ1n) is 9.97. The van der Waals surface area contributed by atoms with Crippen molar-refractivity contribution in [3.05, 3.63) is 59.9 Å². The Kier molecular flexibility index (Phi) is 7.00. The van der Waals surface area contributed by atoms with E-state index in [4.69, 9.17) is 0 Å². The molecule has 0 saturated carbocycles. The van der Waals surface area contributed by atoms with E-state index in [1.54, 1.807) is 41.0 Å². The molecule has 0 aromatic heterocycles. The molecule has 4 amide bonds. The third-order valence-corrected chi connectivity index (χ3v) is 4.90. The highest BCUT2D eigenvalue weighted by Gasteiger charge is 2.23. The molecule has 158 valence electrons. The van der Waals surface area contributed by atoms with Gasteiger partial charge in [-0.2, -0.15) is 0 Å². The van der Waals surface area contributed by atoms with Crippen molar-refractivity contribution in [1.29, 1.82) is 0 Å². The van der Waals surface area contributed by atoms with Crippen molar-refractivity contribution >= 4 is 29.2 Å². The summed E-state index contributed by atoms with van der Waals surface area (Å²) >= 11 is 0. The van der Waals surface area contributed by atoms with E-state index in [-0.39, 0.29) is 23.7 Å². The predicted octanol–water partition coefficient (Wildman–Crippen LogP) is 3.55. The summed E-state index contributed by atoms with van der Waals surface area (Å²) in [6.45, 7) is 3.66. The van der Waals surface area contributed by atoms with Crippen LogP contribution in [0.4, 0.5) is 20.6 Å². The maximum Gasteiger partial charge on any atom is 0.321 e. The Morgan fingerprint density at radius 2 is 1.40 bits per heavy atom. The Morgan fingerprint density at radius 3 is 2.03 bits per heavy atom. The number of carbonyl (C=O) groups is 3. The number of amides is 4. The molecule has 3 rings (SSSR count). The Bertz CT molecular complexity index is 900. The minimum absolute atomic E-state index is 0.0731. The zero-order chi connectivity index (χ0) is 21.5. The van der Waals surface area contributed by atoms with Gasteiger partial charge in [0.15, 0.2) is 0 Å². The van der Waals surface area contributed by atoms with Gasteiger partial charge in [0.25, 0.3) is 5.91 Å². The van der Waals surface area contributed by atoms with Gasteiger partial charge in [0.2, 0.25) is 5.91 Å². The van der Waals surface area contributed by atoms with Crippen LogP contribution in [0.25, 0.3) is 0 Å². The van der Waals surface area contributed by atoms with E-state index in [9.17, 15) is 18.8 Å². The Morgan fingerprint density at radius 1 is 0.833 bits per heavy atom. The summed E-state index contributed by atoms with van der Waals surface area (Å²) in [5.74, 6) is -0.621. The van der Waals surface area contributed by atoms with Gasteiger partial charge in [-0.05, 0) is 55.0 Å². The number of nitrogens with zero attached hydrogens (tertiary/aromatic N) is 2. The predicted molar refractivity (Wildman–Crippen MR) is 113 cm³/mol. The van der Waals surface area contributed by atoms with Crippen LogP contribution in [0, 0.1) is 5.82 Å². The second kappa shape index (κ2) is 9.87. The van der Waals surface area contributed by atoms with Gasteiger partial charge in [-0.15, -0.1) is 0 Å². The maximum absolute atomic E-state index is 13.1. The third kappa shape index (κ3) is 5.56. The molecule has 0 atom stereocenters. The molecule has 0 spiro atoms. The smallest absolute Gasteiger partial charge is 0.321 e. The average molecular weight is 412 g/mol. The van der Waals surface area contributed by atoms with Crippen LogP contribution in [0.1, 0.15) is 30.1 Å². The average Bonchev–Trinajstić information content (AvgIpc) is 3.01. The van der Waals surface area contributed by atoms with Crippen molar-refractivity contribution in [2.75, 3.05) is 36.8 Å². The molecule has 2 aromatic carbocycles. The molecular formula is C22H25FN4O3. The number of nitrogens with one attached hydrogen (secondary N) is 2. The molecule has 0 radical (unpaired) electrons. The number of carbonyl (C=O) groups excluding carboxylic acids is 3. The Balaban J connectivity index is 1.54. The molecule has 0 aliphatic carbocycles. The number of halogens is 1. The third-order valence-electron chi connectivity index (χ3n) is 4.90. The molecule has 2 aromatic rings. The topological polar surface area (TPSA) is 81.8 Å². The van der Waals surface area contributed by atoms with E-state index in [0.29, 0.717) is 56.0 Å². The van der Waals surface area contributed by atoms with Gasteiger partial charge in [0.05, 0.1) is 0 Å². The summed E-state index contributed by atoms with van der Waals surface area (Å²) in [7, 11) is 0. The molecule has 30 heavy (non-hydrogen) atoms. The normalized spacial score (nSPS) is 14.1. The van der Waals surface area contributed by atoms with Crippen LogP contribution in [0.3, 0.4) is 0 Å². The Labute approximate surface area is 174 Å². The maximum atomic E-state index is 13.1. The van der Waals surface area contributed by atoms with E-state index in [2.05, 4.69) is 10.6 Å². The van der Waals surface area contributed by atoms with Gasteiger partial charge in [-0.3, -0.25) is 9.59 Å². The van der Waals surface area contributed by atoms with Gasteiger partial charge in [-0.25, -0.2) is 9.18 Å². The second-order valence-electron chi connectivity index (χ2n) is 7.05. The van der Waals surface area contributed by atoms with E-state index in [0.717, 1.165) is 0 Å². The molecular weight excluding hydrogens is 387 g/mol. The van der Waals surface area contributed by atoms with Crippen LogP contribution in [-0.4, -0.2) is 53.8 Å². The minimum Gasteiger partial charge on any atom is -0.337 e. The molecule has 1 aliphatic heterocycles. The van der Waals surface area contributed by atoms with Crippen molar-refractivity contribution in [1.82, 2.24) is 9.80 Å². The Hall–Kier alpha value is -3.42. The van der Waals surface area contributed by atoms with Crippen LogP contribution in [0.15, 0.2) is 48.5 Å². The lowest BCUT2D eigenvalue weighted by molar-refractivity contribution is -0.115. The molecule has 8 heteroatoms. The SMILES string of the molecule is CCC(=O)Nc1ccc(NC(=O)N2CCCN(C(=O)c3ccc(F)cc3)CC2)cc1. The lowest BCUT2D eigenvalue weighted by Crippen LogP contribution is -2.39. The minimum atomic E-state index is -0.383. The van der Waals surface area contributed by atoms with E-state index < -0.39 is 0 Å². The zero-order valence-electron chi connectivity index (χ0n) is 16.9. The van der Waals surface area contributed by atoms with E-state index >= 15 is 0 Å². The summed E-state index contributed by atoms with van der Waals surface area (Å²) in [6.07, 6.45) is 1.05. The van der Waals surface area contributed by atoms with Crippen molar-refractivity contribution in [3.8, 4) is 0 Å². The van der Waals surface area contributed by atoms with Crippen LogP contribution in [0.5, 0.6) is 0 Å². The van der Waals surface area contributed by atoms with E-state index in [1.807, 2.05) is 0 Å². The quantitative estimate of drug-likeness (QED) is 0.806. The summed E-state index contributed by atoms with van der Waals surface area (Å²) in [4.78, 5) is 40.0. The molecule has 1 fully saturated rings. The van der Waals surface area contributed by atoms with Gasteiger partial charge in [-0.1, -0.05) is 6.92 Å². The fourth-order valence-corrected chi connectivity index (χ4v) is 3.19. The summed E-state index contributed by atoms with van der Waals surface area (Å²) in [5.41, 5.74) is 1.73. The van der Waals surface area contributed by atoms with E-state index in [1.165, 1.54) is 24.3 Å². The number of anilines is 2. The zero-order valence-corrected chi connectivity index (χ0v) is 16.9. The number of hydrogen-bond donors (Lipinski definition) is 2. The van der Waals surface area contributed by atoms with Crippen molar-refractivity contribution in [2.45, 2.75) is 19.8 Å². The second-order valence-corrected chi connectivity index (χ2v) is 7.05. The van der Waals surface area contributed by atoms with Crippen LogP contribution >= 0.6 is 0 Å².